The first-order valence-corrected chi connectivity index (χ1v) is 6.32. The van der Waals surface area contributed by atoms with Crippen LogP contribution in [0.1, 0.15) is 24.8 Å². The van der Waals surface area contributed by atoms with Crippen molar-refractivity contribution in [3.05, 3.63) is 35.6 Å². The predicted molar refractivity (Wildman–Crippen MR) is 68.4 cm³/mol. The van der Waals surface area contributed by atoms with E-state index < -0.39 is 0 Å². The van der Waals surface area contributed by atoms with Gasteiger partial charge in [-0.05, 0) is 57.0 Å². The lowest BCUT2D eigenvalue weighted by atomic mass is 9.89. The minimum atomic E-state index is -0.149. The number of benzene rings is 1. The van der Waals surface area contributed by atoms with Crippen LogP contribution in [0.25, 0.3) is 0 Å². The van der Waals surface area contributed by atoms with Crippen LogP contribution in [0.2, 0.25) is 0 Å². The average molecular weight is 236 g/mol. The van der Waals surface area contributed by atoms with Crippen LogP contribution >= 0.6 is 0 Å². The number of halogens is 1. The maximum absolute atomic E-state index is 13.1. The van der Waals surface area contributed by atoms with Gasteiger partial charge in [0.15, 0.2) is 0 Å². The van der Waals surface area contributed by atoms with E-state index in [4.69, 9.17) is 5.73 Å². The molecule has 1 unspecified atom stereocenters. The molecule has 2 N–H and O–H groups in total. The molecular formula is C14H21FN2. The number of likely N-dealkylation sites (tertiary alicyclic amines) is 1. The molecule has 0 saturated carbocycles. The van der Waals surface area contributed by atoms with Gasteiger partial charge < -0.3 is 5.73 Å². The van der Waals surface area contributed by atoms with Gasteiger partial charge in [-0.3, -0.25) is 4.90 Å². The summed E-state index contributed by atoms with van der Waals surface area (Å²) in [4.78, 5) is 2.37. The Morgan fingerprint density at radius 1 is 1.47 bits per heavy atom. The smallest absolute Gasteiger partial charge is 0.123 e. The molecule has 3 heteroatoms. The summed E-state index contributed by atoms with van der Waals surface area (Å²) >= 11 is 0. The zero-order chi connectivity index (χ0) is 12.3. The fourth-order valence-electron chi connectivity index (χ4n) is 2.82. The Morgan fingerprint density at radius 2 is 2.29 bits per heavy atom. The van der Waals surface area contributed by atoms with Gasteiger partial charge in [0.2, 0.25) is 0 Å². The number of nitrogens with two attached hydrogens (primary N) is 1. The summed E-state index contributed by atoms with van der Waals surface area (Å²) in [6.07, 6.45) is 4.30. The van der Waals surface area contributed by atoms with Crippen molar-refractivity contribution in [2.75, 3.05) is 20.1 Å². The largest absolute Gasteiger partial charge is 0.329 e. The van der Waals surface area contributed by atoms with Gasteiger partial charge in [-0.15, -0.1) is 0 Å². The molecule has 17 heavy (non-hydrogen) atoms. The summed E-state index contributed by atoms with van der Waals surface area (Å²) in [5.41, 5.74) is 7.14. The Labute approximate surface area is 103 Å². The Bertz CT molecular complexity index is 380. The number of likely N-dealkylation sites (N-methyl/N-ethyl adjacent to an activating group) is 1. The lowest BCUT2D eigenvalue weighted by Gasteiger charge is -2.35. The van der Waals surface area contributed by atoms with Crippen molar-refractivity contribution in [3.8, 4) is 0 Å². The Kier molecular flexibility index (Phi) is 3.79. The second-order valence-corrected chi connectivity index (χ2v) is 5.08. The van der Waals surface area contributed by atoms with E-state index in [2.05, 4.69) is 11.9 Å². The van der Waals surface area contributed by atoms with Crippen molar-refractivity contribution in [1.82, 2.24) is 4.90 Å². The molecule has 1 fully saturated rings. The van der Waals surface area contributed by atoms with E-state index in [1.165, 1.54) is 12.5 Å². The highest BCUT2D eigenvalue weighted by Gasteiger charge is 2.36. The molecule has 1 atom stereocenters. The van der Waals surface area contributed by atoms with Gasteiger partial charge in [-0.25, -0.2) is 4.39 Å². The topological polar surface area (TPSA) is 29.3 Å². The van der Waals surface area contributed by atoms with Crippen LogP contribution in [0.15, 0.2) is 24.3 Å². The summed E-state index contributed by atoms with van der Waals surface area (Å²) in [5, 5.41) is 0. The quantitative estimate of drug-likeness (QED) is 0.868. The zero-order valence-electron chi connectivity index (χ0n) is 10.5. The molecule has 0 radical (unpaired) electrons. The van der Waals surface area contributed by atoms with E-state index >= 15 is 0 Å². The minimum Gasteiger partial charge on any atom is -0.329 e. The van der Waals surface area contributed by atoms with Crippen LogP contribution in [0.4, 0.5) is 4.39 Å². The molecule has 1 aromatic carbocycles. The van der Waals surface area contributed by atoms with Gasteiger partial charge in [0.25, 0.3) is 0 Å². The fraction of sp³-hybridized carbons (Fsp3) is 0.571. The Hall–Kier alpha value is -0.930. The molecule has 1 aliphatic heterocycles. The lowest BCUT2D eigenvalue weighted by Crippen LogP contribution is -2.48. The second-order valence-electron chi connectivity index (χ2n) is 5.08. The van der Waals surface area contributed by atoms with Crippen molar-refractivity contribution in [2.24, 2.45) is 5.73 Å². The highest BCUT2D eigenvalue weighted by molar-refractivity contribution is 5.17. The Balaban J connectivity index is 2.01. The highest BCUT2D eigenvalue weighted by atomic mass is 19.1. The predicted octanol–water partition coefficient (Wildman–Crippen LogP) is 2.18. The van der Waals surface area contributed by atoms with E-state index in [-0.39, 0.29) is 11.4 Å². The average Bonchev–Trinajstić information content (AvgIpc) is 2.69. The first-order valence-electron chi connectivity index (χ1n) is 6.32. The molecule has 0 amide bonds. The molecule has 0 spiro atoms. The summed E-state index contributed by atoms with van der Waals surface area (Å²) < 4.78 is 13.1. The van der Waals surface area contributed by atoms with Gasteiger partial charge in [0, 0.05) is 12.1 Å². The van der Waals surface area contributed by atoms with E-state index in [0.717, 1.165) is 31.4 Å². The van der Waals surface area contributed by atoms with Gasteiger partial charge in [-0.2, -0.15) is 0 Å². The van der Waals surface area contributed by atoms with Crippen molar-refractivity contribution < 1.29 is 4.39 Å². The normalized spacial score (nSPS) is 25.4. The number of hydrogen-bond acceptors (Lipinski definition) is 2. The molecule has 94 valence electrons. The van der Waals surface area contributed by atoms with Crippen molar-refractivity contribution in [2.45, 2.75) is 31.2 Å². The number of aryl methyl sites for hydroxylation is 1. The van der Waals surface area contributed by atoms with Crippen LogP contribution < -0.4 is 5.73 Å². The standard InChI is InChI=1S/C14H21FN2/c1-17-9-3-7-14(17,11-16)8-6-12-4-2-5-13(15)10-12/h2,4-5,10H,3,6-9,11,16H2,1H3. The fourth-order valence-corrected chi connectivity index (χ4v) is 2.82. The van der Waals surface area contributed by atoms with Crippen molar-refractivity contribution in [1.29, 1.82) is 0 Å². The van der Waals surface area contributed by atoms with Gasteiger partial charge in [-0.1, -0.05) is 12.1 Å². The van der Waals surface area contributed by atoms with E-state index in [1.54, 1.807) is 12.1 Å². The maximum atomic E-state index is 13.1. The first-order chi connectivity index (χ1) is 8.16. The highest BCUT2D eigenvalue weighted by Crippen LogP contribution is 2.31. The van der Waals surface area contributed by atoms with Gasteiger partial charge in [0.05, 0.1) is 0 Å². The molecule has 2 nitrogen and oxygen atoms in total. The third-order valence-corrected chi connectivity index (χ3v) is 4.09. The SMILES string of the molecule is CN1CCCC1(CN)CCc1cccc(F)c1. The third kappa shape index (κ3) is 2.67. The first kappa shape index (κ1) is 12.5. The van der Waals surface area contributed by atoms with Crippen LogP contribution in [-0.4, -0.2) is 30.6 Å². The molecule has 0 aliphatic carbocycles. The minimum absolute atomic E-state index is 0.131. The summed E-state index contributed by atoms with van der Waals surface area (Å²) in [6.45, 7) is 1.82. The van der Waals surface area contributed by atoms with Crippen molar-refractivity contribution in [3.63, 3.8) is 0 Å². The summed E-state index contributed by atoms with van der Waals surface area (Å²) in [5.74, 6) is -0.149. The monoisotopic (exact) mass is 236 g/mol. The Morgan fingerprint density at radius 3 is 2.88 bits per heavy atom. The molecule has 1 aromatic rings. The van der Waals surface area contributed by atoms with Gasteiger partial charge >= 0.3 is 0 Å². The number of rotatable bonds is 4. The molecule has 1 heterocycles. The molecule has 1 aliphatic rings. The van der Waals surface area contributed by atoms with Crippen LogP contribution in [-0.2, 0) is 6.42 Å². The van der Waals surface area contributed by atoms with E-state index in [9.17, 15) is 4.39 Å². The summed E-state index contributed by atoms with van der Waals surface area (Å²) in [6, 6.07) is 6.88. The third-order valence-electron chi connectivity index (χ3n) is 4.09. The van der Waals surface area contributed by atoms with Crippen LogP contribution in [0.3, 0.4) is 0 Å². The summed E-state index contributed by atoms with van der Waals surface area (Å²) in [7, 11) is 2.14. The number of nitrogens with zero attached hydrogens (tertiary/aromatic N) is 1. The molecule has 2 rings (SSSR count). The second kappa shape index (κ2) is 5.15. The van der Waals surface area contributed by atoms with Crippen LogP contribution in [0, 0.1) is 5.82 Å². The molecule has 1 saturated heterocycles. The molecule has 0 aromatic heterocycles. The van der Waals surface area contributed by atoms with Crippen molar-refractivity contribution >= 4 is 0 Å². The van der Waals surface area contributed by atoms with E-state index in [1.807, 2.05) is 6.07 Å². The number of hydrogen-bond donors (Lipinski definition) is 1. The van der Waals surface area contributed by atoms with Gasteiger partial charge in [0.1, 0.15) is 5.82 Å². The molecular weight excluding hydrogens is 215 g/mol. The maximum Gasteiger partial charge on any atom is 0.123 e. The molecule has 0 bridgehead atoms. The van der Waals surface area contributed by atoms with E-state index in [0.29, 0.717) is 6.54 Å². The lowest BCUT2D eigenvalue weighted by molar-refractivity contribution is 0.169. The zero-order valence-corrected chi connectivity index (χ0v) is 10.5. The van der Waals surface area contributed by atoms with Crippen LogP contribution in [0.5, 0.6) is 0 Å².